The predicted molar refractivity (Wildman–Crippen MR) is 115 cm³/mol. The number of anilines is 1. The Morgan fingerprint density at radius 3 is 2.28 bits per heavy atom. The van der Waals surface area contributed by atoms with E-state index in [0.717, 1.165) is 23.2 Å². The van der Waals surface area contributed by atoms with Gasteiger partial charge in [0.25, 0.3) is 11.8 Å². The molecular weight excluding hydrogens is 360 g/mol. The quantitative estimate of drug-likeness (QED) is 0.708. The summed E-state index contributed by atoms with van der Waals surface area (Å²) < 4.78 is 0. The molecule has 0 aliphatic carbocycles. The third kappa shape index (κ3) is 3.92. The number of carbonyl (C=O) groups excluding carboxylic acids is 2. The molecule has 4 rings (SSSR count). The number of aryl methyl sites for hydroxylation is 1. The number of carbonyl (C=O) groups is 2. The number of amides is 2. The van der Waals surface area contributed by atoms with Crippen molar-refractivity contribution in [2.45, 2.75) is 26.8 Å². The maximum atomic E-state index is 12.9. The zero-order valence-corrected chi connectivity index (χ0v) is 16.7. The molecule has 29 heavy (non-hydrogen) atoms. The summed E-state index contributed by atoms with van der Waals surface area (Å²) in [5.41, 5.74) is 6.65. The fourth-order valence-electron chi connectivity index (χ4n) is 3.70. The first-order chi connectivity index (χ1) is 14.0. The molecule has 3 aromatic carbocycles. The van der Waals surface area contributed by atoms with Crippen molar-refractivity contribution in [1.29, 1.82) is 0 Å². The van der Waals surface area contributed by atoms with E-state index in [2.05, 4.69) is 17.4 Å². The Hall–Kier alpha value is -3.40. The van der Waals surface area contributed by atoms with Crippen LogP contribution in [0.1, 0.15) is 43.0 Å². The van der Waals surface area contributed by atoms with Crippen molar-refractivity contribution in [3.8, 4) is 0 Å². The van der Waals surface area contributed by atoms with Gasteiger partial charge < -0.3 is 10.2 Å². The topological polar surface area (TPSA) is 49.4 Å². The lowest BCUT2D eigenvalue weighted by Gasteiger charge is -2.29. The lowest BCUT2D eigenvalue weighted by Crippen LogP contribution is -2.35. The number of hydrogen-bond acceptors (Lipinski definition) is 2. The molecule has 0 atom stereocenters. The third-order valence-electron chi connectivity index (χ3n) is 5.66. The molecule has 1 aliphatic rings. The highest BCUT2D eigenvalue weighted by Gasteiger charge is 2.21. The molecule has 0 aromatic heterocycles. The molecule has 0 unspecified atom stereocenters. The van der Waals surface area contributed by atoms with Crippen LogP contribution in [-0.4, -0.2) is 23.3 Å². The normalized spacial score (nSPS) is 13.0. The van der Waals surface area contributed by atoms with E-state index >= 15 is 0 Å². The van der Waals surface area contributed by atoms with E-state index in [1.54, 1.807) is 24.3 Å². The fraction of sp³-hybridized carbons (Fsp3) is 0.200. The number of nitrogens with one attached hydrogen (secondary N) is 1. The number of benzene rings is 3. The van der Waals surface area contributed by atoms with Crippen LogP contribution in [-0.2, 0) is 13.0 Å². The number of nitrogens with zero attached hydrogens (tertiary/aromatic N) is 1. The van der Waals surface area contributed by atoms with Crippen molar-refractivity contribution < 1.29 is 9.59 Å². The van der Waals surface area contributed by atoms with E-state index in [9.17, 15) is 9.59 Å². The van der Waals surface area contributed by atoms with Crippen LogP contribution in [0.2, 0.25) is 0 Å². The summed E-state index contributed by atoms with van der Waals surface area (Å²) in [6.07, 6.45) is 0.873. The zero-order chi connectivity index (χ0) is 20.4. The Labute approximate surface area is 171 Å². The van der Waals surface area contributed by atoms with Gasteiger partial charge in [-0.1, -0.05) is 36.4 Å². The Morgan fingerprint density at radius 1 is 0.828 bits per heavy atom. The van der Waals surface area contributed by atoms with Crippen LogP contribution in [0.25, 0.3) is 0 Å². The standard InChI is InChI=1S/C25H24N2O2/c1-17-6-5-9-23(18(17)2)26-24(28)20-10-12-21(13-11-20)25(29)27-15-14-19-7-3-4-8-22(19)16-27/h3-13H,14-16H2,1-2H3,(H,26,28). The van der Waals surface area contributed by atoms with Gasteiger partial charge in [0.15, 0.2) is 0 Å². The van der Waals surface area contributed by atoms with Crippen molar-refractivity contribution in [1.82, 2.24) is 4.90 Å². The molecule has 0 bridgehead atoms. The van der Waals surface area contributed by atoms with Gasteiger partial charge >= 0.3 is 0 Å². The van der Waals surface area contributed by atoms with Crippen LogP contribution in [0.3, 0.4) is 0 Å². The first-order valence-electron chi connectivity index (χ1n) is 9.86. The average molecular weight is 384 g/mol. The predicted octanol–water partition coefficient (Wildman–Crippen LogP) is 4.75. The molecule has 1 N–H and O–H groups in total. The Kier molecular flexibility index (Phi) is 5.17. The molecule has 0 spiro atoms. The van der Waals surface area contributed by atoms with Crippen molar-refractivity contribution in [3.63, 3.8) is 0 Å². The molecule has 146 valence electrons. The van der Waals surface area contributed by atoms with E-state index in [1.807, 2.05) is 49.1 Å². The van der Waals surface area contributed by atoms with Crippen molar-refractivity contribution >= 4 is 17.5 Å². The number of fused-ring (bicyclic) bond motifs is 1. The van der Waals surface area contributed by atoms with Gasteiger partial charge in [-0.15, -0.1) is 0 Å². The first kappa shape index (κ1) is 18.9. The van der Waals surface area contributed by atoms with Gasteiger partial charge in [0.1, 0.15) is 0 Å². The second-order valence-electron chi connectivity index (χ2n) is 7.52. The SMILES string of the molecule is Cc1cccc(NC(=O)c2ccc(C(=O)N3CCc4ccccc4C3)cc2)c1C. The summed E-state index contributed by atoms with van der Waals surface area (Å²) in [5, 5.41) is 2.96. The minimum Gasteiger partial charge on any atom is -0.334 e. The summed E-state index contributed by atoms with van der Waals surface area (Å²) in [6.45, 7) is 5.35. The zero-order valence-electron chi connectivity index (χ0n) is 16.7. The molecule has 3 aromatic rings. The molecule has 1 aliphatic heterocycles. The van der Waals surface area contributed by atoms with Gasteiger partial charge in [0.05, 0.1) is 0 Å². The summed E-state index contributed by atoms with van der Waals surface area (Å²) in [5.74, 6) is -0.175. The second-order valence-corrected chi connectivity index (χ2v) is 7.52. The van der Waals surface area contributed by atoms with Crippen molar-refractivity contribution in [2.24, 2.45) is 0 Å². The van der Waals surface area contributed by atoms with Gasteiger partial charge in [-0.25, -0.2) is 0 Å². The van der Waals surface area contributed by atoms with E-state index in [0.29, 0.717) is 24.2 Å². The van der Waals surface area contributed by atoms with Crippen LogP contribution in [0.5, 0.6) is 0 Å². The molecule has 1 heterocycles. The lowest BCUT2D eigenvalue weighted by molar-refractivity contribution is 0.0734. The van der Waals surface area contributed by atoms with Gasteiger partial charge in [-0.3, -0.25) is 9.59 Å². The molecule has 0 radical (unpaired) electrons. The molecule has 2 amide bonds. The highest BCUT2D eigenvalue weighted by molar-refractivity contribution is 6.05. The highest BCUT2D eigenvalue weighted by atomic mass is 16.2. The van der Waals surface area contributed by atoms with Gasteiger partial charge in [-0.2, -0.15) is 0 Å². The first-order valence-corrected chi connectivity index (χ1v) is 9.86. The fourth-order valence-corrected chi connectivity index (χ4v) is 3.70. The van der Waals surface area contributed by atoms with Crippen LogP contribution in [0.4, 0.5) is 5.69 Å². The Morgan fingerprint density at radius 2 is 1.52 bits per heavy atom. The minimum absolute atomic E-state index is 0.000917. The number of hydrogen-bond donors (Lipinski definition) is 1. The monoisotopic (exact) mass is 384 g/mol. The van der Waals surface area contributed by atoms with Crippen LogP contribution in [0, 0.1) is 13.8 Å². The lowest BCUT2D eigenvalue weighted by atomic mass is 9.99. The number of rotatable bonds is 3. The Bertz CT molecular complexity index is 1070. The average Bonchev–Trinajstić information content (AvgIpc) is 2.76. The highest BCUT2D eigenvalue weighted by Crippen LogP contribution is 2.21. The van der Waals surface area contributed by atoms with E-state index < -0.39 is 0 Å². The van der Waals surface area contributed by atoms with Gasteiger partial charge in [0, 0.05) is 29.9 Å². The summed E-state index contributed by atoms with van der Waals surface area (Å²) in [4.78, 5) is 27.3. The van der Waals surface area contributed by atoms with Gasteiger partial charge in [0.2, 0.25) is 0 Å². The molecule has 4 nitrogen and oxygen atoms in total. The van der Waals surface area contributed by atoms with Crippen LogP contribution in [0.15, 0.2) is 66.7 Å². The second kappa shape index (κ2) is 7.92. The van der Waals surface area contributed by atoms with Gasteiger partial charge in [-0.05, 0) is 72.9 Å². The Balaban J connectivity index is 1.46. The molecular formula is C25H24N2O2. The third-order valence-corrected chi connectivity index (χ3v) is 5.66. The van der Waals surface area contributed by atoms with Crippen LogP contribution >= 0.6 is 0 Å². The largest absolute Gasteiger partial charge is 0.334 e. The minimum atomic E-state index is -0.176. The molecule has 0 fully saturated rings. The van der Waals surface area contributed by atoms with Crippen molar-refractivity contribution in [3.05, 3.63) is 100 Å². The summed E-state index contributed by atoms with van der Waals surface area (Å²) in [6, 6.07) is 21.0. The molecule has 0 saturated heterocycles. The maximum absolute atomic E-state index is 12.9. The van der Waals surface area contributed by atoms with Crippen LogP contribution < -0.4 is 5.32 Å². The van der Waals surface area contributed by atoms with E-state index in [-0.39, 0.29) is 11.8 Å². The summed E-state index contributed by atoms with van der Waals surface area (Å²) >= 11 is 0. The molecule has 4 heteroatoms. The smallest absolute Gasteiger partial charge is 0.255 e. The van der Waals surface area contributed by atoms with Crippen molar-refractivity contribution in [2.75, 3.05) is 11.9 Å². The van der Waals surface area contributed by atoms with E-state index in [4.69, 9.17) is 0 Å². The molecule has 0 saturated carbocycles. The van der Waals surface area contributed by atoms with E-state index in [1.165, 1.54) is 11.1 Å². The summed E-state index contributed by atoms with van der Waals surface area (Å²) in [7, 11) is 0. The maximum Gasteiger partial charge on any atom is 0.255 e.